The van der Waals surface area contributed by atoms with Gasteiger partial charge in [0.15, 0.2) is 0 Å². The first-order valence-electron chi connectivity index (χ1n) is 6.68. The summed E-state index contributed by atoms with van der Waals surface area (Å²) in [6.45, 7) is 6.00. The van der Waals surface area contributed by atoms with Crippen molar-refractivity contribution in [2.75, 3.05) is 0 Å². The second-order valence-electron chi connectivity index (χ2n) is 5.17. The summed E-state index contributed by atoms with van der Waals surface area (Å²) in [5.74, 6) is 0.778. The van der Waals surface area contributed by atoms with Gasteiger partial charge in [0.1, 0.15) is 11.9 Å². The molecule has 0 heterocycles. The van der Waals surface area contributed by atoms with Crippen LogP contribution in [0.15, 0.2) is 46.9 Å². The summed E-state index contributed by atoms with van der Waals surface area (Å²) < 4.78 is 6.58. The molecule has 0 saturated heterocycles. The molecule has 0 aliphatic heterocycles. The lowest BCUT2D eigenvalue weighted by Gasteiger charge is -2.16. The third-order valence-corrected chi connectivity index (χ3v) is 3.68. The Morgan fingerprint density at radius 2 is 1.85 bits per heavy atom. The average molecular weight is 335 g/mol. The van der Waals surface area contributed by atoms with E-state index in [0.29, 0.717) is 0 Å². The van der Waals surface area contributed by atoms with Crippen molar-refractivity contribution in [1.82, 2.24) is 0 Å². The Hall–Kier alpha value is -1.32. The van der Waals surface area contributed by atoms with E-state index in [1.807, 2.05) is 63.2 Å². The van der Waals surface area contributed by atoms with Crippen molar-refractivity contribution >= 4 is 15.9 Å². The Bertz CT molecular complexity index is 593. The monoisotopic (exact) mass is 334 g/mol. The van der Waals surface area contributed by atoms with E-state index in [0.717, 1.165) is 26.9 Å². The predicted octanol–water partition coefficient (Wildman–Crippen LogP) is 4.63. The number of ether oxygens (including phenoxy) is 1. The first-order valence-corrected chi connectivity index (χ1v) is 7.47. The normalized spacial score (nSPS) is 12.5. The molecular weight excluding hydrogens is 316 g/mol. The molecule has 0 saturated carbocycles. The van der Waals surface area contributed by atoms with Gasteiger partial charge in [-0.05, 0) is 55.7 Å². The number of benzene rings is 2. The summed E-state index contributed by atoms with van der Waals surface area (Å²) in [6, 6.07) is 13.5. The highest BCUT2D eigenvalue weighted by molar-refractivity contribution is 9.10. The molecule has 2 rings (SSSR count). The number of aliphatic hydroxyl groups excluding tert-OH is 1. The fourth-order valence-electron chi connectivity index (χ4n) is 2.06. The third-order valence-electron chi connectivity index (χ3n) is 3.00. The van der Waals surface area contributed by atoms with Crippen LogP contribution in [0.5, 0.6) is 5.75 Å². The lowest BCUT2D eigenvalue weighted by molar-refractivity contribution is 0.216. The standard InChI is InChI=1S/C17H19BrO2/c1-11(2)20-14-6-4-5-13(10-14)17(19)15-8-7-12(3)9-16(15)18/h4-11,17,19H,1-3H3. The lowest BCUT2D eigenvalue weighted by Crippen LogP contribution is -2.07. The molecule has 1 atom stereocenters. The molecule has 0 aromatic heterocycles. The lowest BCUT2D eigenvalue weighted by atomic mass is 10.0. The number of aliphatic hydroxyl groups is 1. The first kappa shape index (κ1) is 15.1. The minimum atomic E-state index is -0.666. The van der Waals surface area contributed by atoms with Gasteiger partial charge in [-0.2, -0.15) is 0 Å². The summed E-state index contributed by atoms with van der Waals surface area (Å²) in [6.07, 6.45) is -0.547. The molecule has 2 nitrogen and oxygen atoms in total. The smallest absolute Gasteiger partial charge is 0.120 e. The molecule has 3 heteroatoms. The van der Waals surface area contributed by atoms with Crippen LogP contribution in [0, 0.1) is 6.92 Å². The van der Waals surface area contributed by atoms with Crippen LogP contribution >= 0.6 is 15.9 Å². The first-order chi connectivity index (χ1) is 9.47. The fraction of sp³-hybridized carbons (Fsp3) is 0.294. The number of aryl methyl sites for hydroxylation is 1. The van der Waals surface area contributed by atoms with E-state index < -0.39 is 6.10 Å². The van der Waals surface area contributed by atoms with Crippen molar-refractivity contribution in [3.05, 3.63) is 63.6 Å². The minimum Gasteiger partial charge on any atom is -0.491 e. The largest absolute Gasteiger partial charge is 0.491 e. The highest BCUT2D eigenvalue weighted by Gasteiger charge is 2.14. The van der Waals surface area contributed by atoms with E-state index in [9.17, 15) is 5.11 Å². The van der Waals surface area contributed by atoms with E-state index in [2.05, 4.69) is 15.9 Å². The quantitative estimate of drug-likeness (QED) is 0.883. The zero-order valence-corrected chi connectivity index (χ0v) is 13.5. The average Bonchev–Trinajstić information content (AvgIpc) is 2.37. The van der Waals surface area contributed by atoms with Gasteiger partial charge in [0.2, 0.25) is 0 Å². The molecule has 0 fully saturated rings. The van der Waals surface area contributed by atoms with Gasteiger partial charge in [-0.1, -0.05) is 40.2 Å². The van der Waals surface area contributed by atoms with Crippen LogP contribution in [0.4, 0.5) is 0 Å². The molecule has 20 heavy (non-hydrogen) atoms. The van der Waals surface area contributed by atoms with Crippen LogP contribution in [0.25, 0.3) is 0 Å². The molecule has 0 bridgehead atoms. The maximum atomic E-state index is 10.5. The van der Waals surface area contributed by atoms with Gasteiger partial charge < -0.3 is 9.84 Å². The summed E-state index contributed by atoms with van der Waals surface area (Å²) in [5.41, 5.74) is 2.84. The van der Waals surface area contributed by atoms with Crippen LogP contribution in [0.2, 0.25) is 0 Å². The van der Waals surface area contributed by atoms with E-state index in [1.54, 1.807) is 0 Å². The van der Waals surface area contributed by atoms with Crippen molar-refractivity contribution in [1.29, 1.82) is 0 Å². The molecule has 2 aromatic rings. The molecule has 1 unspecified atom stereocenters. The van der Waals surface area contributed by atoms with Crippen molar-refractivity contribution in [3.8, 4) is 5.75 Å². The summed E-state index contributed by atoms with van der Waals surface area (Å²) >= 11 is 3.51. The summed E-state index contributed by atoms with van der Waals surface area (Å²) in [5, 5.41) is 10.5. The van der Waals surface area contributed by atoms with Gasteiger partial charge in [-0.3, -0.25) is 0 Å². The van der Waals surface area contributed by atoms with Gasteiger partial charge in [0, 0.05) is 4.47 Å². The molecule has 0 spiro atoms. The number of rotatable bonds is 4. The van der Waals surface area contributed by atoms with Crippen LogP contribution in [0.1, 0.15) is 36.6 Å². The molecule has 0 radical (unpaired) electrons. The van der Waals surface area contributed by atoms with Gasteiger partial charge in [-0.25, -0.2) is 0 Å². The highest BCUT2D eigenvalue weighted by atomic mass is 79.9. The van der Waals surface area contributed by atoms with Gasteiger partial charge >= 0.3 is 0 Å². The zero-order valence-electron chi connectivity index (χ0n) is 11.9. The van der Waals surface area contributed by atoms with Crippen molar-refractivity contribution < 1.29 is 9.84 Å². The van der Waals surface area contributed by atoms with Crippen molar-refractivity contribution in [2.24, 2.45) is 0 Å². The molecular formula is C17H19BrO2. The molecule has 0 aliphatic carbocycles. The maximum absolute atomic E-state index is 10.5. The van der Waals surface area contributed by atoms with Crippen LogP contribution < -0.4 is 4.74 Å². The van der Waals surface area contributed by atoms with Crippen LogP contribution in [-0.2, 0) is 0 Å². The number of halogens is 1. The van der Waals surface area contributed by atoms with Crippen molar-refractivity contribution in [3.63, 3.8) is 0 Å². The Labute approximate surface area is 128 Å². The van der Waals surface area contributed by atoms with Gasteiger partial charge in [0.25, 0.3) is 0 Å². The number of hydrogen-bond acceptors (Lipinski definition) is 2. The Kier molecular flexibility index (Phi) is 4.84. The fourth-order valence-corrected chi connectivity index (χ4v) is 2.77. The molecule has 0 aliphatic rings. The van der Waals surface area contributed by atoms with Gasteiger partial charge in [0.05, 0.1) is 6.10 Å². The van der Waals surface area contributed by atoms with Gasteiger partial charge in [-0.15, -0.1) is 0 Å². The Morgan fingerprint density at radius 1 is 1.10 bits per heavy atom. The highest BCUT2D eigenvalue weighted by Crippen LogP contribution is 2.30. The Morgan fingerprint density at radius 3 is 2.50 bits per heavy atom. The van der Waals surface area contributed by atoms with Crippen LogP contribution in [0.3, 0.4) is 0 Å². The molecule has 0 amide bonds. The van der Waals surface area contributed by atoms with E-state index in [1.165, 1.54) is 0 Å². The zero-order chi connectivity index (χ0) is 14.7. The summed E-state index contributed by atoms with van der Waals surface area (Å²) in [7, 11) is 0. The topological polar surface area (TPSA) is 29.5 Å². The SMILES string of the molecule is Cc1ccc(C(O)c2cccc(OC(C)C)c2)c(Br)c1. The summed E-state index contributed by atoms with van der Waals surface area (Å²) in [4.78, 5) is 0. The molecule has 2 aromatic carbocycles. The molecule has 1 N–H and O–H groups in total. The minimum absolute atomic E-state index is 0.119. The van der Waals surface area contributed by atoms with E-state index >= 15 is 0 Å². The Balaban J connectivity index is 2.30. The third kappa shape index (κ3) is 3.62. The second kappa shape index (κ2) is 6.42. The van der Waals surface area contributed by atoms with E-state index in [-0.39, 0.29) is 6.10 Å². The second-order valence-corrected chi connectivity index (χ2v) is 6.02. The number of hydrogen-bond donors (Lipinski definition) is 1. The van der Waals surface area contributed by atoms with Crippen LogP contribution in [-0.4, -0.2) is 11.2 Å². The van der Waals surface area contributed by atoms with E-state index in [4.69, 9.17) is 4.74 Å². The van der Waals surface area contributed by atoms with Crippen molar-refractivity contribution in [2.45, 2.75) is 33.0 Å². The predicted molar refractivity (Wildman–Crippen MR) is 85.1 cm³/mol. The molecule has 106 valence electrons. The maximum Gasteiger partial charge on any atom is 0.120 e.